The van der Waals surface area contributed by atoms with Crippen molar-refractivity contribution in [3.63, 3.8) is 0 Å². The molecule has 0 aliphatic carbocycles. The Morgan fingerprint density at radius 1 is 1.58 bits per heavy atom. The summed E-state index contributed by atoms with van der Waals surface area (Å²) in [5.41, 5.74) is 0.661. The number of nitrogens with one attached hydrogen (secondary N) is 1. The molecule has 0 aliphatic heterocycles. The number of benzene rings is 1. The summed E-state index contributed by atoms with van der Waals surface area (Å²) in [5, 5.41) is 2.41. The van der Waals surface area contributed by atoms with E-state index in [2.05, 4.69) is 5.32 Å². The number of halogens is 1. The van der Waals surface area contributed by atoms with Gasteiger partial charge in [0.1, 0.15) is 13.7 Å². The summed E-state index contributed by atoms with van der Waals surface area (Å²) in [6.07, 6.45) is 0. The van der Waals surface area contributed by atoms with Crippen molar-refractivity contribution in [1.82, 2.24) is 0 Å². The van der Waals surface area contributed by atoms with E-state index in [0.29, 0.717) is 11.2 Å². The van der Waals surface area contributed by atoms with Crippen LogP contribution < -0.4 is 10.8 Å². The maximum Gasteiger partial charge on any atom is 0.221 e. The van der Waals surface area contributed by atoms with Gasteiger partial charge in [-0.2, -0.15) is 0 Å². The van der Waals surface area contributed by atoms with Gasteiger partial charge in [-0.25, -0.2) is 4.39 Å². The first-order chi connectivity index (χ1) is 5.59. The highest BCUT2D eigenvalue weighted by Gasteiger charge is 2.00. The molecule has 0 aromatic heterocycles. The van der Waals surface area contributed by atoms with Crippen LogP contribution in [-0.4, -0.2) is 13.8 Å². The molecule has 0 heterocycles. The molecule has 2 nitrogen and oxygen atoms in total. The van der Waals surface area contributed by atoms with Crippen molar-refractivity contribution < 1.29 is 9.18 Å². The van der Waals surface area contributed by atoms with Gasteiger partial charge in [0.05, 0.1) is 0 Å². The lowest BCUT2D eigenvalue weighted by Crippen LogP contribution is -2.16. The molecule has 1 rings (SSSR count). The van der Waals surface area contributed by atoms with Crippen LogP contribution in [-0.2, 0) is 4.79 Å². The second-order valence-corrected chi connectivity index (χ2v) is 2.41. The van der Waals surface area contributed by atoms with Crippen LogP contribution in [0.25, 0.3) is 0 Å². The van der Waals surface area contributed by atoms with Gasteiger partial charge < -0.3 is 5.32 Å². The van der Waals surface area contributed by atoms with E-state index in [0.717, 1.165) is 0 Å². The van der Waals surface area contributed by atoms with E-state index in [4.69, 9.17) is 7.85 Å². The summed E-state index contributed by atoms with van der Waals surface area (Å²) in [6, 6.07) is 3.82. The van der Waals surface area contributed by atoms with E-state index in [1.165, 1.54) is 25.1 Å². The molecule has 1 amide bonds. The van der Waals surface area contributed by atoms with E-state index in [1.54, 1.807) is 0 Å². The van der Waals surface area contributed by atoms with Crippen LogP contribution in [0.2, 0.25) is 0 Å². The summed E-state index contributed by atoms with van der Waals surface area (Å²) >= 11 is 0. The van der Waals surface area contributed by atoms with Crippen LogP contribution in [0.5, 0.6) is 0 Å². The molecule has 12 heavy (non-hydrogen) atoms. The molecule has 60 valence electrons. The Kier molecular flexibility index (Phi) is 2.48. The first-order valence-corrected chi connectivity index (χ1v) is 3.42. The molecule has 1 aromatic rings. The largest absolute Gasteiger partial charge is 0.327 e. The Morgan fingerprint density at radius 2 is 2.25 bits per heavy atom. The van der Waals surface area contributed by atoms with Crippen LogP contribution in [0.4, 0.5) is 10.1 Å². The number of amides is 1. The molecule has 0 aliphatic rings. The Balaban J connectivity index is 2.97. The number of carbonyl (C=O) groups is 1. The quantitative estimate of drug-likeness (QED) is 0.602. The van der Waals surface area contributed by atoms with Gasteiger partial charge in [0, 0.05) is 12.6 Å². The third-order valence-corrected chi connectivity index (χ3v) is 1.33. The number of hydrogen-bond donors (Lipinski definition) is 1. The van der Waals surface area contributed by atoms with E-state index in [1.807, 2.05) is 0 Å². The Labute approximate surface area is 71.2 Å². The van der Waals surface area contributed by atoms with Gasteiger partial charge in [-0.3, -0.25) is 4.79 Å². The van der Waals surface area contributed by atoms with Crippen LogP contribution in [0.1, 0.15) is 6.92 Å². The lowest BCUT2D eigenvalue weighted by Gasteiger charge is -2.05. The van der Waals surface area contributed by atoms with Gasteiger partial charge in [0.15, 0.2) is 0 Å². The Bertz CT molecular complexity index is 314. The van der Waals surface area contributed by atoms with E-state index >= 15 is 0 Å². The average molecular weight is 163 g/mol. The highest BCUT2D eigenvalue weighted by Crippen LogP contribution is 2.05. The SMILES string of the molecule is [B]c1ccc(F)cc1NC(C)=O. The van der Waals surface area contributed by atoms with E-state index in [-0.39, 0.29) is 5.91 Å². The smallest absolute Gasteiger partial charge is 0.221 e. The highest BCUT2D eigenvalue weighted by molar-refractivity contribution is 6.36. The Morgan fingerprint density at radius 3 is 2.83 bits per heavy atom. The number of anilines is 1. The standard InChI is InChI=1S/C8H7BFNO/c1-5(12)11-8-4-6(10)2-3-7(8)9/h2-4H,1H3,(H,11,12). The molecule has 0 saturated carbocycles. The van der Waals surface area contributed by atoms with Crippen LogP contribution in [0.15, 0.2) is 18.2 Å². The van der Waals surface area contributed by atoms with Crippen molar-refractivity contribution in [1.29, 1.82) is 0 Å². The normalized spacial score (nSPS) is 9.50. The molecule has 2 radical (unpaired) electrons. The summed E-state index contributed by atoms with van der Waals surface area (Å²) in [4.78, 5) is 10.6. The first kappa shape index (κ1) is 8.78. The fourth-order valence-corrected chi connectivity index (χ4v) is 0.826. The van der Waals surface area contributed by atoms with Crippen LogP contribution >= 0.6 is 0 Å². The fourth-order valence-electron chi connectivity index (χ4n) is 0.826. The summed E-state index contributed by atoms with van der Waals surface area (Å²) < 4.78 is 12.6. The lowest BCUT2D eigenvalue weighted by atomic mass is 9.94. The topological polar surface area (TPSA) is 29.1 Å². The van der Waals surface area contributed by atoms with Crippen LogP contribution in [0.3, 0.4) is 0 Å². The number of rotatable bonds is 1. The van der Waals surface area contributed by atoms with Gasteiger partial charge in [-0.1, -0.05) is 11.5 Å². The molecule has 0 bridgehead atoms. The van der Waals surface area contributed by atoms with Crippen molar-refractivity contribution >= 4 is 24.9 Å². The van der Waals surface area contributed by atoms with E-state index in [9.17, 15) is 9.18 Å². The van der Waals surface area contributed by atoms with Crippen molar-refractivity contribution in [2.24, 2.45) is 0 Å². The molecule has 0 saturated heterocycles. The zero-order valence-electron chi connectivity index (χ0n) is 6.60. The zero-order valence-corrected chi connectivity index (χ0v) is 6.60. The molecular weight excluding hydrogens is 156 g/mol. The maximum atomic E-state index is 12.6. The lowest BCUT2D eigenvalue weighted by molar-refractivity contribution is -0.114. The second kappa shape index (κ2) is 3.39. The molecule has 0 unspecified atom stereocenters. The van der Waals surface area contributed by atoms with Crippen molar-refractivity contribution in [3.8, 4) is 0 Å². The molecule has 0 atom stereocenters. The summed E-state index contributed by atoms with van der Waals surface area (Å²) in [7, 11) is 5.46. The molecule has 0 fully saturated rings. The fraction of sp³-hybridized carbons (Fsp3) is 0.125. The van der Waals surface area contributed by atoms with Crippen LogP contribution in [0, 0.1) is 5.82 Å². The molecular formula is C8H7BFNO. The van der Waals surface area contributed by atoms with Gasteiger partial charge in [0.2, 0.25) is 5.91 Å². The van der Waals surface area contributed by atoms with Crippen molar-refractivity contribution in [3.05, 3.63) is 24.0 Å². The summed E-state index contributed by atoms with van der Waals surface area (Å²) in [5.74, 6) is -0.694. The molecule has 1 N–H and O–H groups in total. The predicted molar refractivity (Wildman–Crippen MR) is 46.1 cm³/mol. The van der Waals surface area contributed by atoms with Gasteiger partial charge in [-0.15, -0.1) is 0 Å². The van der Waals surface area contributed by atoms with Gasteiger partial charge in [-0.05, 0) is 12.1 Å². The monoisotopic (exact) mass is 163 g/mol. The second-order valence-electron chi connectivity index (χ2n) is 2.41. The molecule has 1 aromatic carbocycles. The molecule has 0 spiro atoms. The first-order valence-electron chi connectivity index (χ1n) is 3.42. The predicted octanol–water partition coefficient (Wildman–Crippen LogP) is 0.578. The van der Waals surface area contributed by atoms with Gasteiger partial charge >= 0.3 is 0 Å². The number of carbonyl (C=O) groups excluding carboxylic acids is 1. The maximum absolute atomic E-state index is 12.6. The Hall–Kier alpha value is -1.32. The third-order valence-electron chi connectivity index (χ3n) is 1.33. The third kappa shape index (κ3) is 2.08. The minimum atomic E-state index is -0.423. The average Bonchev–Trinajstić information content (AvgIpc) is 1.96. The zero-order chi connectivity index (χ0) is 9.14. The van der Waals surface area contributed by atoms with Crippen molar-refractivity contribution in [2.45, 2.75) is 6.92 Å². The van der Waals surface area contributed by atoms with E-state index < -0.39 is 5.82 Å². The number of hydrogen-bond acceptors (Lipinski definition) is 1. The summed E-state index contributed by atoms with van der Waals surface area (Å²) in [6.45, 7) is 1.34. The highest BCUT2D eigenvalue weighted by atomic mass is 19.1. The van der Waals surface area contributed by atoms with Gasteiger partial charge in [0.25, 0.3) is 0 Å². The minimum absolute atomic E-state index is 0.271. The molecule has 4 heteroatoms. The minimum Gasteiger partial charge on any atom is -0.327 e. The van der Waals surface area contributed by atoms with Crippen molar-refractivity contribution in [2.75, 3.05) is 5.32 Å².